The molecule has 0 amide bonds. The topological polar surface area (TPSA) is 41.6 Å². The van der Waals surface area contributed by atoms with Crippen molar-refractivity contribution in [2.24, 2.45) is 0 Å². The number of hydrogen-bond acceptors (Lipinski definition) is 2. The van der Waals surface area contributed by atoms with E-state index in [4.69, 9.17) is 0 Å². The van der Waals surface area contributed by atoms with Crippen LogP contribution in [-0.4, -0.2) is 15.0 Å². The molecule has 0 saturated carbocycles. The van der Waals surface area contributed by atoms with Gasteiger partial charge in [-0.2, -0.15) is 0 Å². The standard InChI is InChI=1S/C15H15N3/c1-10-7-13-14(8-11(10)2)18-15(17-13)9-12-5-3-4-6-16-12/h3-8H,9H2,1-2H3,(H,17,18). The van der Waals surface area contributed by atoms with Gasteiger partial charge >= 0.3 is 0 Å². The number of nitrogens with one attached hydrogen (secondary N) is 1. The van der Waals surface area contributed by atoms with Gasteiger partial charge in [0.15, 0.2) is 0 Å². The first-order valence-electron chi connectivity index (χ1n) is 6.08. The second-order valence-corrected chi connectivity index (χ2v) is 4.63. The van der Waals surface area contributed by atoms with Gasteiger partial charge in [0, 0.05) is 18.3 Å². The third kappa shape index (κ3) is 1.99. The van der Waals surface area contributed by atoms with E-state index in [0.717, 1.165) is 29.0 Å². The zero-order valence-corrected chi connectivity index (χ0v) is 10.6. The van der Waals surface area contributed by atoms with Crippen LogP contribution in [0.1, 0.15) is 22.6 Å². The molecule has 2 aromatic heterocycles. The minimum absolute atomic E-state index is 0.744. The zero-order valence-electron chi connectivity index (χ0n) is 10.6. The maximum absolute atomic E-state index is 4.61. The third-order valence-corrected chi connectivity index (χ3v) is 3.22. The third-order valence-electron chi connectivity index (χ3n) is 3.22. The molecule has 3 rings (SSSR count). The fraction of sp³-hybridized carbons (Fsp3) is 0.200. The molecule has 90 valence electrons. The Kier molecular flexibility index (Phi) is 2.59. The van der Waals surface area contributed by atoms with E-state index in [0.29, 0.717) is 0 Å². The highest BCUT2D eigenvalue weighted by molar-refractivity contribution is 5.77. The van der Waals surface area contributed by atoms with Crippen LogP contribution in [0, 0.1) is 13.8 Å². The van der Waals surface area contributed by atoms with E-state index < -0.39 is 0 Å². The zero-order chi connectivity index (χ0) is 12.5. The van der Waals surface area contributed by atoms with Crippen molar-refractivity contribution in [2.45, 2.75) is 20.3 Å². The number of hydrogen-bond donors (Lipinski definition) is 1. The molecule has 0 aliphatic heterocycles. The predicted molar refractivity (Wildman–Crippen MR) is 72.6 cm³/mol. The van der Waals surface area contributed by atoms with Crippen molar-refractivity contribution >= 4 is 11.0 Å². The molecule has 3 heteroatoms. The lowest BCUT2D eigenvalue weighted by molar-refractivity contribution is 0.985. The van der Waals surface area contributed by atoms with E-state index >= 15 is 0 Å². The van der Waals surface area contributed by atoms with Crippen LogP contribution in [0.25, 0.3) is 11.0 Å². The highest BCUT2D eigenvalue weighted by Crippen LogP contribution is 2.18. The molecule has 0 bridgehead atoms. The summed E-state index contributed by atoms with van der Waals surface area (Å²) in [4.78, 5) is 12.3. The number of aromatic nitrogens is 3. The van der Waals surface area contributed by atoms with E-state index in [2.05, 4.69) is 40.9 Å². The Morgan fingerprint density at radius 2 is 1.94 bits per heavy atom. The number of nitrogens with zero attached hydrogens (tertiary/aromatic N) is 2. The van der Waals surface area contributed by atoms with E-state index in [-0.39, 0.29) is 0 Å². The summed E-state index contributed by atoms with van der Waals surface area (Å²) in [6.07, 6.45) is 2.56. The normalized spacial score (nSPS) is 11.0. The van der Waals surface area contributed by atoms with Crippen LogP contribution < -0.4 is 0 Å². The average Bonchev–Trinajstić information content (AvgIpc) is 2.72. The maximum atomic E-state index is 4.61. The molecular weight excluding hydrogens is 222 g/mol. The SMILES string of the molecule is Cc1cc2nc(Cc3ccccn3)[nH]c2cc1C. The number of H-pyrrole nitrogens is 1. The summed E-state index contributed by atoms with van der Waals surface area (Å²) in [5, 5.41) is 0. The number of rotatable bonds is 2. The summed E-state index contributed by atoms with van der Waals surface area (Å²) >= 11 is 0. The van der Waals surface area contributed by atoms with Crippen LogP contribution in [0.5, 0.6) is 0 Å². The van der Waals surface area contributed by atoms with Gasteiger partial charge in [0.25, 0.3) is 0 Å². The molecule has 1 aromatic carbocycles. The van der Waals surface area contributed by atoms with Gasteiger partial charge < -0.3 is 4.98 Å². The molecule has 3 nitrogen and oxygen atoms in total. The first-order chi connectivity index (χ1) is 8.72. The Morgan fingerprint density at radius 1 is 1.11 bits per heavy atom. The van der Waals surface area contributed by atoms with Gasteiger partial charge in [-0.15, -0.1) is 0 Å². The van der Waals surface area contributed by atoms with Gasteiger partial charge in [-0.25, -0.2) is 4.98 Å². The maximum Gasteiger partial charge on any atom is 0.113 e. The van der Waals surface area contributed by atoms with Gasteiger partial charge in [-0.3, -0.25) is 4.98 Å². The molecule has 3 aromatic rings. The highest BCUT2D eigenvalue weighted by atomic mass is 14.9. The average molecular weight is 237 g/mol. The molecular formula is C15H15N3. The van der Waals surface area contributed by atoms with Gasteiger partial charge in [0.1, 0.15) is 5.82 Å². The Balaban J connectivity index is 1.99. The summed E-state index contributed by atoms with van der Waals surface area (Å²) in [5.41, 5.74) is 5.73. The monoisotopic (exact) mass is 237 g/mol. The lowest BCUT2D eigenvalue weighted by atomic mass is 10.1. The summed E-state index contributed by atoms with van der Waals surface area (Å²) in [7, 11) is 0. The molecule has 0 spiro atoms. The number of fused-ring (bicyclic) bond motifs is 1. The summed E-state index contributed by atoms with van der Waals surface area (Å²) in [6.45, 7) is 4.23. The van der Waals surface area contributed by atoms with Crippen LogP contribution >= 0.6 is 0 Å². The second kappa shape index (κ2) is 4.26. The minimum atomic E-state index is 0.744. The van der Waals surface area contributed by atoms with Crippen LogP contribution in [-0.2, 0) is 6.42 Å². The Labute approximate surface area is 106 Å². The quantitative estimate of drug-likeness (QED) is 0.743. The molecule has 0 radical (unpaired) electrons. The van der Waals surface area contributed by atoms with E-state index in [9.17, 15) is 0 Å². The minimum Gasteiger partial charge on any atom is -0.342 e. The first kappa shape index (κ1) is 11.0. The fourth-order valence-electron chi connectivity index (χ4n) is 2.08. The van der Waals surface area contributed by atoms with Crippen LogP contribution in [0.15, 0.2) is 36.5 Å². The number of benzene rings is 1. The lowest BCUT2D eigenvalue weighted by Gasteiger charge is -1.97. The van der Waals surface area contributed by atoms with Crippen molar-refractivity contribution in [3.63, 3.8) is 0 Å². The molecule has 0 aliphatic rings. The van der Waals surface area contributed by atoms with Gasteiger partial charge in [0.2, 0.25) is 0 Å². The smallest absolute Gasteiger partial charge is 0.113 e. The van der Waals surface area contributed by atoms with Crippen molar-refractivity contribution in [3.05, 3.63) is 59.2 Å². The van der Waals surface area contributed by atoms with Crippen molar-refractivity contribution in [2.75, 3.05) is 0 Å². The highest BCUT2D eigenvalue weighted by Gasteiger charge is 2.05. The van der Waals surface area contributed by atoms with E-state index in [1.807, 2.05) is 24.4 Å². The number of aryl methyl sites for hydroxylation is 2. The Bertz CT molecular complexity index is 645. The van der Waals surface area contributed by atoms with Crippen molar-refractivity contribution in [1.29, 1.82) is 0 Å². The van der Waals surface area contributed by atoms with Crippen molar-refractivity contribution < 1.29 is 0 Å². The van der Waals surface area contributed by atoms with Crippen LogP contribution in [0.4, 0.5) is 0 Å². The Morgan fingerprint density at radius 3 is 2.72 bits per heavy atom. The second-order valence-electron chi connectivity index (χ2n) is 4.63. The molecule has 0 unspecified atom stereocenters. The lowest BCUT2D eigenvalue weighted by Crippen LogP contribution is -1.92. The summed E-state index contributed by atoms with van der Waals surface area (Å²) in [6, 6.07) is 10.2. The number of aromatic amines is 1. The fourth-order valence-corrected chi connectivity index (χ4v) is 2.08. The van der Waals surface area contributed by atoms with Crippen molar-refractivity contribution in [1.82, 2.24) is 15.0 Å². The van der Waals surface area contributed by atoms with Crippen LogP contribution in [0.3, 0.4) is 0 Å². The molecule has 2 heterocycles. The van der Waals surface area contributed by atoms with Crippen molar-refractivity contribution in [3.8, 4) is 0 Å². The largest absolute Gasteiger partial charge is 0.342 e. The summed E-state index contributed by atoms with van der Waals surface area (Å²) < 4.78 is 0. The molecule has 0 atom stereocenters. The number of pyridine rings is 1. The van der Waals surface area contributed by atoms with Gasteiger partial charge in [-0.05, 0) is 49.2 Å². The molecule has 0 saturated heterocycles. The summed E-state index contributed by atoms with van der Waals surface area (Å²) in [5.74, 6) is 0.966. The van der Waals surface area contributed by atoms with Crippen LogP contribution in [0.2, 0.25) is 0 Å². The molecule has 0 fully saturated rings. The first-order valence-corrected chi connectivity index (χ1v) is 6.08. The van der Waals surface area contributed by atoms with Gasteiger partial charge in [0.05, 0.1) is 11.0 Å². The van der Waals surface area contributed by atoms with E-state index in [1.54, 1.807) is 0 Å². The van der Waals surface area contributed by atoms with E-state index in [1.165, 1.54) is 11.1 Å². The molecule has 0 aliphatic carbocycles. The number of imidazole rings is 1. The van der Waals surface area contributed by atoms with Gasteiger partial charge in [-0.1, -0.05) is 6.07 Å². The Hall–Kier alpha value is -2.16. The predicted octanol–water partition coefficient (Wildman–Crippen LogP) is 3.17. The molecule has 18 heavy (non-hydrogen) atoms. The molecule has 1 N–H and O–H groups in total.